The summed E-state index contributed by atoms with van der Waals surface area (Å²) in [5.41, 5.74) is 0. The average Bonchev–Trinajstić information content (AvgIpc) is 0.743. The van der Waals surface area contributed by atoms with Crippen molar-refractivity contribution in [3.63, 3.8) is 0 Å². The SMILES string of the molecule is CCCCCCCCCCCCCC/C=C\CCCCCCCCCCCCCCC(=O)NC(COC1OC(CO)C(OC2OC(CO)C(O)C(OC3(C(=O)O)CC(O)C(NC(C)=O)C(C(O)C(O)CO)O3)C2O)C(O)C1O)C(O)CCCCCCCCCCCCCCCCCCCC. The quantitative estimate of drug-likeness (QED) is 0.0199. The van der Waals surface area contributed by atoms with Crippen molar-refractivity contribution in [2.24, 2.45) is 0 Å². The summed E-state index contributed by atoms with van der Waals surface area (Å²) in [6, 6.07) is -2.53. The summed E-state index contributed by atoms with van der Waals surface area (Å²) < 4.78 is 35.0. The Balaban J connectivity index is 1.50. The number of aliphatic carboxylic acids is 1. The fourth-order valence-electron chi connectivity index (χ4n) is 14.1. The number of carboxylic acid groups (broad SMARTS) is 1. The minimum absolute atomic E-state index is 0.226. The topological polar surface area (TPSA) is 373 Å². The van der Waals surface area contributed by atoms with E-state index in [1.54, 1.807) is 0 Å². The molecule has 0 bridgehead atoms. The number of amides is 2. The second-order valence-corrected chi connectivity index (χ2v) is 29.3. The highest BCUT2D eigenvalue weighted by molar-refractivity contribution is 5.77. The Kier molecular flexibility index (Phi) is 52.0. The van der Waals surface area contributed by atoms with E-state index in [0.717, 1.165) is 58.3 Å². The molecule has 14 N–H and O–H groups in total. The van der Waals surface area contributed by atoms with E-state index in [9.17, 15) is 75.7 Å². The highest BCUT2D eigenvalue weighted by Crippen LogP contribution is 2.39. The van der Waals surface area contributed by atoms with Crippen LogP contribution >= 0.6 is 0 Å². The molecule has 23 nitrogen and oxygen atoms in total. The molecule has 23 heteroatoms. The van der Waals surface area contributed by atoms with E-state index in [2.05, 4.69) is 36.6 Å². The van der Waals surface area contributed by atoms with Gasteiger partial charge in [-0.1, -0.05) is 276 Å². The standard InChI is InChI=1S/C77H144N2O21/c1-4-6-8-10-12-14-16-18-20-22-24-25-26-27-28-29-30-31-32-33-35-37-39-41-43-45-47-49-51-64(87)79-58(59(84)50-48-46-44-42-40-38-36-34-23-21-19-17-15-13-11-9-7-5-2)56-95-74-69(91)68(90)71(63(55-82)97-74)98-75-70(92)73(67(89)62(54-81)96-75)100-77(76(93)94)52-60(85)65(78-57(3)83)72(99-77)66(88)61(86)53-80/h27-28,58-63,65-75,80-82,84-86,88-92H,4-26,29-56H2,1-3H3,(H,78,83)(H,79,87)(H,93,94)/b28-27-. The maximum absolute atomic E-state index is 13.6. The van der Waals surface area contributed by atoms with Gasteiger partial charge in [0.25, 0.3) is 5.79 Å². The Morgan fingerprint density at radius 1 is 0.510 bits per heavy atom. The van der Waals surface area contributed by atoms with Crippen molar-refractivity contribution in [2.75, 3.05) is 26.4 Å². The number of aliphatic hydroxyl groups is 11. The molecule has 588 valence electrons. The van der Waals surface area contributed by atoms with E-state index >= 15 is 0 Å². The lowest BCUT2D eigenvalue weighted by Crippen LogP contribution is -2.70. The zero-order valence-corrected chi connectivity index (χ0v) is 62.1. The van der Waals surface area contributed by atoms with Crippen molar-refractivity contribution in [3.8, 4) is 0 Å². The third-order valence-electron chi connectivity index (χ3n) is 20.5. The van der Waals surface area contributed by atoms with Crippen LogP contribution < -0.4 is 10.6 Å². The van der Waals surface area contributed by atoms with E-state index in [-0.39, 0.29) is 18.9 Å². The summed E-state index contributed by atoms with van der Waals surface area (Å²) in [5, 5.41) is 136. The minimum atomic E-state index is -3.08. The van der Waals surface area contributed by atoms with Crippen molar-refractivity contribution < 1.29 is 104 Å². The molecule has 0 saturated carbocycles. The Morgan fingerprint density at radius 3 is 1.35 bits per heavy atom. The van der Waals surface area contributed by atoms with Crippen LogP contribution in [0.15, 0.2) is 12.2 Å². The molecule has 18 atom stereocenters. The number of allylic oxidation sites excluding steroid dienone is 2. The molecule has 3 aliphatic heterocycles. The van der Waals surface area contributed by atoms with Gasteiger partial charge in [0.15, 0.2) is 12.6 Å². The number of unbranched alkanes of at least 4 members (excludes halogenated alkanes) is 41. The number of carboxylic acids is 1. The molecule has 3 fully saturated rings. The largest absolute Gasteiger partial charge is 0.477 e. The van der Waals surface area contributed by atoms with E-state index in [1.165, 1.54) is 218 Å². The molecule has 0 spiro atoms. The van der Waals surface area contributed by atoms with E-state index < -0.39 is 148 Å². The summed E-state index contributed by atoms with van der Waals surface area (Å²) in [4.78, 5) is 38.7. The molecule has 2 amide bonds. The Morgan fingerprint density at radius 2 is 0.930 bits per heavy atom. The van der Waals surface area contributed by atoms with Crippen molar-refractivity contribution in [1.82, 2.24) is 10.6 Å². The van der Waals surface area contributed by atoms with Crippen LogP contribution in [0.1, 0.15) is 323 Å². The van der Waals surface area contributed by atoms with Crippen LogP contribution in [-0.2, 0) is 42.8 Å². The predicted molar refractivity (Wildman–Crippen MR) is 385 cm³/mol. The Labute approximate surface area is 601 Å². The van der Waals surface area contributed by atoms with Gasteiger partial charge in [-0.2, -0.15) is 0 Å². The number of rotatable bonds is 63. The van der Waals surface area contributed by atoms with Gasteiger partial charge in [0.05, 0.1) is 50.7 Å². The number of hydrogen-bond donors (Lipinski definition) is 14. The fourth-order valence-corrected chi connectivity index (χ4v) is 14.1. The van der Waals surface area contributed by atoms with Gasteiger partial charge in [0.1, 0.15) is 67.1 Å². The van der Waals surface area contributed by atoms with Gasteiger partial charge in [0, 0.05) is 19.8 Å². The molecule has 0 aromatic carbocycles. The van der Waals surface area contributed by atoms with Crippen LogP contribution in [0.5, 0.6) is 0 Å². The number of carbonyl (C=O) groups is 3. The van der Waals surface area contributed by atoms with Gasteiger partial charge in [-0.05, 0) is 38.5 Å². The van der Waals surface area contributed by atoms with Crippen LogP contribution in [0.3, 0.4) is 0 Å². The molecule has 0 aromatic heterocycles. The number of carbonyl (C=O) groups excluding carboxylic acids is 2. The summed E-state index contributed by atoms with van der Waals surface area (Å²) in [6.45, 7) is 2.25. The van der Waals surface area contributed by atoms with Gasteiger partial charge in [0.2, 0.25) is 11.8 Å². The summed E-state index contributed by atoms with van der Waals surface area (Å²) in [6.07, 6.45) is 30.6. The normalized spacial score (nSPS) is 27.0. The first-order valence-electron chi connectivity index (χ1n) is 40.0. The first-order chi connectivity index (χ1) is 48.4. The van der Waals surface area contributed by atoms with Crippen molar-refractivity contribution in [3.05, 3.63) is 12.2 Å². The van der Waals surface area contributed by atoms with Crippen LogP contribution in [0.4, 0.5) is 0 Å². The van der Waals surface area contributed by atoms with Crippen molar-refractivity contribution >= 4 is 17.8 Å². The molecule has 0 radical (unpaired) electrons. The molecule has 3 heterocycles. The highest BCUT2D eigenvalue weighted by atomic mass is 16.8. The van der Waals surface area contributed by atoms with Gasteiger partial charge >= 0.3 is 5.97 Å². The summed E-state index contributed by atoms with van der Waals surface area (Å²) in [7, 11) is 0. The van der Waals surface area contributed by atoms with Crippen LogP contribution in [0.2, 0.25) is 0 Å². The first-order valence-corrected chi connectivity index (χ1v) is 40.0. The zero-order valence-electron chi connectivity index (χ0n) is 62.1. The van der Waals surface area contributed by atoms with Gasteiger partial charge < -0.3 is 100 Å². The van der Waals surface area contributed by atoms with Gasteiger partial charge in [-0.3, -0.25) is 9.59 Å². The lowest BCUT2D eigenvalue weighted by Gasteiger charge is -2.50. The summed E-state index contributed by atoms with van der Waals surface area (Å²) in [5.74, 6) is -6.09. The van der Waals surface area contributed by atoms with Crippen LogP contribution in [-0.4, -0.2) is 215 Å². The lowest BCUT2D eigenvalue weighted by atomic mass is 9.88. The zero-order chi connectivity index (χ0) is 73.2. The lowest BCUT2D eigenvalue weighted by molar-refractivity contribution is -0.386. The van der Waals surface area contributed by atoms with Crippen molar-refractivity contribution in [1.29, 1.82) is 0 Å². The van der Waals surface area contributed by atoms with E-state index in [4.69, 9.17) is 28.4 Å². The molecule has 3 rings (SSSR count). The highest BCUT2D eigenvalue weighted by Gasteiger charge is 2.60. The second-order valence-electron chi connectivity index (χ2n) is 29.3. The molecule has 18 unspecified atom stereocenters. The fraction of sp³-hybridized carbons (Fsp3) is 0.935. The van der Waals surface area contributed by atoms with Crippen LogP contribution in [0, 0.1) is 0 Å². The molecule has 100 heavy (non-hydrogen) atoms. The second kappa shape index (κ2) is 56.8. The number of hydrogen-bond acceptors (Lipinski definition) is 20. The maximum atomic E-state index is 13.6. The third kappa shape index (κ3) is 37.1. The minimum Gasteiger partial charge on any atom is -0.477 e. The maximum Gasteiger partial charge on any atom is 0.364 e. The monoisotopic (exact) mass is 1430 g/mol. The molecule has 0 aliphatic carbocycles. The number of ether oxygens (including phenoxy) is 6. The molecule has 3 aliphatic rings. The Bertz CT molecular complexity index is 2050. The summed E-state index contributed by atoms with van der Waals surface area (Å²) >= 11 is 0. The number of nitrogens with one attached hydrogen (secondary N) is 2. The molecule has 0 aromatic rings. The molecular weight excluding hydrogens is 1290 g/mol. The first kappa shape index (κ1) is 91.7. The smallest absolute Gasteiger partial charge is 0.364 e. The van der Waals surface area contributed by atoms with Crippen LogP contribution in [0.25, 0.3) is 0 Å². The van der Waals surface area contributed by atoms with E-state index in [1.807, 2.05) is 0 Å². The Hall–Kier alpha value is -2.53. The molecule has 3 saturated heterocycles. The van der Waals surface area contributed by atoms with Crippen molar-refractivity contribution in [2.45, 2.75) is 432 Å². The third-order valence-corrected chi connectivity index (χ3v) is 20.5. The number of aliphatic hydroxyl groups excluding tert-OH is 11. The predicted octanol–water partition coefficient (Wildman–Crippen LogP) is 10.2. The average molecular weight is 1430 g/mol. The van der Waals surface area contributed by atoms with Gasteiger partial charge in [-0.25, -0.2) is 4.79 Å². The van der Waals surface area contributed by atoms with Gasteiger partial charge in [-0.15, -0.1) is 0 Å². The molecular formula is C77H144N2O21. The van der Waals surface area contributed by atoms with E-state index in [0.29, 0.717) is 19.3 Å².